The zero-order valence-electron chi connectivity index (χ0n) is 11.4. The summed E-state index contributed by atoms with van der Waals surface area (Å²) in [5.41, 5.74) is 7.42. The van der Waals surface area contributed by atoms with Gasteiger partial charge in [-0.3, -0.25) is 4.79 Å². The molecule has 0 aliphatic rings. The molecule has 0 bridgehead atoms. The molecule has 0 atom stereocenters. The van der Waals surface area contributed by atoms with Gasteiger partial charge in [0.15, 0.2) is 0 Å². The van der Waals surface area contributed by atoms with Gasteiger partial charge in [-0.05, 0) is 19.1 Å². The SMILES string of the molecule is CCN(CC(=O)N(C)C)c1cccc(OC)c1N. The Morgan fingerprint density at radius 2 is 2.06 bits per heavy atom. The summed E-state index contributed by atoms with van der Waals surface area (Å²) in [4.78, 5) is 15.3. The zero-order chi connectivity index (χ0) is 13.7. The van der Waals surface area contributed by atoms with Crippen LogP contribution in [-0.2, 0) is 4.79 Å². The fraction of sp³-hybridized carbons (Fsp3) is 0.462. The van der Waals surface area contributed by atoms with Crippen molar-refractivity contribution in [3.8, 4) is 5.75 Å². The smallest absolute Gasteiger partial charge is 0.241 e. The van der Waals surface area contributed by atoms with Gasteiger partial charge in [0.05, 0.1) is 25.0 Å². The number of para-hydroxylation sites is 1. The summed E-state index contributed by atoms with van der Waals surface area (Å²) < 4.78 is 5.19. The van der Waals surface area contributed by atoms with Crippen molar-refractivity contribution in [1.82, 2.24) is 4.90 Å². The van der Waals surface area contributed by atoms with Crippen LogP contribution < -0.4 is 15.4 Å². The number of methoxy groups -OCH3 is 1. The molecule has 0 saturated heterocycles. The largest absolute Gasteiger partial charge is 0.495 e. The number of nitrogen functional groups attached to an aromatic ring is 1. The Morgan fingerprint density at radius 3 is 2.56 bits per heavy atom. The van der Waals surface area contributed by atoms with E-state index in [4.69, 9.17) is 10.5 Å². The van der Waals surface area contributed by atoms with Gasteiger partial charge in [0.1, 0.15) is 5.75 Å². The zero-order valence-corrected chi connectivity index (χ0v) is 11.4. The number of ether oxygens (including phenoxy) is 1. The molecule has 0 aliphatic carbocycles. The highest BCUT2D eigenvalue weighted by atomic mass is 16.5. The van der Waals surface area contributed by atoms with Gasteiger partial charge in [0.25, 0.3) is 0 Å². The highest BCUT2D eigenvalue weighted by Gasteiger charge is 2.15. The first-order valence-corrected chi connectivity index (χ1v) is 5.88. The highest BCUT2D eigenvalue weighted by Crippen LogP contribution is 2.31. The van der Waals surface area contributed by atoms with Crippen molar-refractivity contribution in [2.45, 2.75) is 6.92 Å². The van der Waals surface area contributed by atoms with E-state index in [1.54, 1.807) is 32.2 Å². The molecular formula is C13H21N3O2. The minimum Gasteiger partial charge on any atom is -0.495 e. The first kappa shape index (κ1) is 14.2. The third kappa shape index (κ3) is 3.06. The van der Waals surface area contributed by atoms with Crippen molar-refractivity contribution >= 4 is 17.3 Å². The molecule has 0 aliphatic heterocycles. The van der Waals surface area contributed by atoms with Gasteiger partial charge in [-0.15, -0.1) is 0 Å². The van der Waals surface area contributed by atoms with E-state index < -0.39 is 0 Å². The Balaban J connectivity index is 2.98. The number of rotatable bonds is 5. The lowest BCUT2D eigenvalue weighted by Crippen LogP contribution is -2.36. The molecule has 0 radical (unpaired) electrons. The molecule has 100 valence electrons. The number of likely N-dealkylation sites (N-methyl/N-ethyl adjacent to an activating group) is 2. The van der Waals surface area contributed by atoms with Crippen LogP contribution in [0.4, 0.5) is 11.4 Å². The van der Waals surface area contributed by atoms with Crippen molar-refractivity contribution in [3.63, 3.8) is 0 Å². The molecule has 1 aromatic carbocycles. The average molecular weight is 251 g/mol. The summed E-state index contributed by atoms with van der Waals surface area (Å²) in [7, 11) is 5.06. The Bertz CT molecular complexity index is 419. The van der Waals surface area contributed by atoms with E-state index in [0.717, 1.165) is 5.69 Å². The molecule has 5 heteroatoms. The Labute approximate surface area is 108 Å². The second kappa shape index (κ2) is 6.14. The molecule has 1 rings (SSSR count). The monoisotopic (exact) mass is 251 g/mol. The topological polar surface area (TPSA) is 58.8 Å². The first-order chi connectivity index (χ1) is 8.51. The number of anilines is 2. The number of amides is 1. The van der Waals surface area contributed by atoms with Gasteiger partial charge < -0.3 is 20.3 Å². The third-order valence-corrected chi connectivity index (χ3v) is 2.81. The van der Waals surface area contributed by atoms with E-state index in [2.05, 4.69) is 0 Å². The summed E-state index contributed by atoms with van der Waals surface area (Å²) in [6.07, 6.45) is 0. The lowest BCUT2D eigenvalue weighted by Gasteiger charge is -2.26. The molecule has 18 heavy (non-hydrogen) atoms. The van der Waals surface area contributed by atoms with Crippen molar-refractivity contribution in [2.75, 3.05) is 44.9 Å². The van der Waals surface area contributed by atoms with Gasteiger partial charge >= 0.3 is 0 Å². The number of hydrogen-bond donors (Lipinski definition) is 1. The maximum Gasteiger partial charge on any atom is 0.241 e. The number of benzene rings is 1. The van der Waals surface area contributed by atoms with Gasteiger partial charge in [-0.25, -0.2) is 0 Å². The molecule has 0 aromatic heterocycles. The van der Waals surface area contributed by atoms with Crippen LogP contribution in [0.2, 0.25) is 0 Å². The average Bonchev–Trinajstić information content (AvgIpc) is 2.36. The van der Waals surface area contributed by atoms with Crippen LogP contribution in [0.15, 0.2) is 18.2 Å². The number of nitrogens with two attached hydrogens (primary N) is 1. The predicted molar refractivity (Wildman–Crippen MR) is 74.0 cm³/mol. The molecule has 0 spiro atoms. The van der Waals surface area contributed by atoms with Gasteiger partial charge in [-0.2, -0.15) is 0 Å². The van der Waals surface area contributed by atoms with Gasteiger partial charge in [0.2, 0.25) is 5.91 Å². The standard InChI is InChI=1S/C13H21N3O2/c1-5-16(9-12(17)15(2)3)10-7-6-8-11(18-4)13(10)14/h6-8H,5,9,14H2,1-4H3. The molecule has 0 fully saturated rings. The molecule has 1 amide bonds. The van der Waals surface area contributed by atoms with Crippen molar-refractivity contribution in [3.05, 3.63) is 18.2 Å². The second-order valence-corrected chi connectivity index (χ2v) is 4.20. The normalized spacial score (nSPS) is 10.0. The molecule has 2 N–H and O–H groups in total. The minimum absolute atomic E-state index is 0.0408. The van der Waals surface area contributed by atoms with Gasteiger partial charge in [0, 0.05) is 20.6 Å². The van der Waals surface area contributed by atoms with E-state index in [9.17, 15) is 4.79 Å². The molecule has 0 heterocycles. The molecule has 1 aromatic rings. The van der Waals surface area contributed by atoms with Crippen LogP contribution in [0.1, 0.15) is 6.92 Å². The fourth-order valence-corrected chi connectivity index (χ4v) is 1.66. The molecular weight excluding hydrogens is 230 g/mol. The van der Waals surface area contributed by atoms with E-state index in [1.807, 2.05) is 24.0 Å². The minimum atomic E-state index is 0.0408. The van der Waals surface area contributed by atoms with Crippen LogP contribution >= 0.6 is 0 Å². The molecule has 0 saturated carbocycles. The quantitative estimate of drug-likeness (QED) is 0.799. The van der Waals surface area contributed by atoms with Crippen molar-refractivity contribution < 1.29 is 9.53 Å². The third-order valence-electron chi connectivity index (χ3n) is 2.81. The maximum atomic E-state index is 11.8. The van der Waals surface area contributed by atoms with E-state index in [1.165, 1.54) is 0 Å². The van der Waals surface area contributed by atoms with Gasteiger partial charge in [-0.1, -0.05) is 6.07 Å². The maximum absolute atomic E-state index is 11.8. The Hall–Kier alpha value is -1.91. The summed E-state index contributed by atoms with van der Waals surface area (Å²) in [6, 6.07) is 5.57. The lowest BCUT2D eigenvalue weighted by atomic mass is 10.2. The van der Waals surface area contributed by atoms with Crippen LogP contribution in [0.3, 0.4) is 0 Å². The Kier molecular flexibility index (Phi) is 4.83. The molecule has 0 unspecified atom stereocenters. The number of carbonyl (C=O) groups excluding carboxylic acids is 1. The predicted octanol–water partition coefficient (Wildman–Crippen LogP) is 1.19. The number of nitrogens with zero attached hydrogens (tertiary/aromatic N) is 2. The van der Waals surface area contributed by atoms with Crippen molar-refractivity contribution in [2.24, 2.45) is 0 Å². The fourth-order valence-electron chi connectivity index (χ4n) is 1.66. The molecule has 5 nitrogen and oxygen atoms in total. The second-order valence-electron chi connectivity index (χ2n) is 4.20. The summed E-state index contributed by atoms with van der Waals surface area (Å²) in [6.45, 7) is 3.00. The van der Waals surface area contributed by atoms with E-state index >= 15 is 0 Å². The summed E-state index contributed by atoms with van der Waals surface area (Å²) in [5.74, 6) is 0.669. The lowest BCUT2D eigenvalue weighted by molar-refractivity contribution is -0.127. The van der Waals surface area contributed by atoms with Crippen LogP contribution in [-0.4, -0.2) is 45.1 Å². The van der Waals surface area contributed by atoms with Crippen LogP contribution in [0, 0.1) is 0 Å². The van der Waals surface area contributed by atoms with Crippen LogP contribution in [0.25, 0.3) is 0 Å². The van der Waals surface area contributed by atoms with E-state index in [-0.39, 0.29) is 5.91 Å². The number of carbonyl (C=O) groups is 1. The van der Waals surface area contributed by atoms with Crippen LogP contribution in [0.5, 0.6) is 5.75 Å². The number of hydrogen-bond acceptors (Lipinski definition) is 4. The Morgan fingerprint density at radius 1 is 1.39 bits per heavy atom. The summed E-state index contributed by atoms with van der Waals surface area (Å²) in [5, 5.41) is 0. The summed E-state index contributed by atoms with van der Waals surface area (Å²) >= 11 is 0. The van der Waals surface area contributed by atoms with E-state index in [0.29, 0.717) is 24.5 Å². The first-order valence-electron chi connectivity index (χ1n) is 5.88. The van der Waals surface area contributed by atoms with Crippen molar-refractivity contribution in [1.29, 1.82) is 0 Å². The highest BCUT2D eigenvalue weighted by molar-refractivity contribution is 5.84.